The fourth-order valence-electron chi connectivity index (χ4n) is 1.51. The molecule has 0 atom stereocenters. The molecule has 0 fully saturated rings. The molecule has 0 unspecified atom stereocenters. The van der Waals surface area contributed by atoms with Crippen LogP contribution in [0.3, 0.4) is 0 Å². The molecule has 1 aromatic rings. The van der Waals surface area contributed by atoms with Gasteiger partial charge in [0.2, 0.25) is 0 Å². The van der Waals surface area contributed by atoms with E-state index in [1.165, 1.54) is 6.07 Å². The Bertz CT molecular complexity index is 426. The molecule has 0 heterocycles. The lowest BCUT2D eigenvalue weighted by Crippen LogP contribution is -2.06. The van der Waals surface area contributed by atoms with Crippen LogP contribution in [0.15, 0.2) is 24.3 Å². The van der Waals surface area contributed by atoms with Crippen LogP contribution in [0, 0.1) is 11.3 Å². The molecule has 0 saturated heterocycles. The zero-order valence-electron chi connectivity index (χ0n) is 10.2. The third kappa shape index (κ3) is 5.20. The molecule has 1 aromatic carbocycles. The van der Waals surface area contributed by atoms with Crippen molar-refractivity contribution in [1.29, 1.82) is 5.26 Å². The van der Waals surface area contributed by atoms with Gasteiger partial charge in [-0.25, -0.2) is 4.79 Å². The highest BCUT2D eigenvalue weighted by atomic mass is 35.5. The molecule has 0 radical (unpaired) electrons. The number of alkyl halides is 1. The van der Waals surface area contributed by atoms with Gasteiger partial charge >= 0.3 is 5.97 Å². The molecule has 1 rings (SSSR count). The maximum absolute atomic E-state index is 11.6. The van der Waals surface area contributed by atoms with E-state index in [9.17, 15) is 4.79 Å². The highest BCUT2D eigenvalue weighted by molar-refractivity contribution is 6.17. The van der Waals surface area contributed by atoms with E-state index in [4.69, 9.17) is 21.6 Å². The smallest absolute Gasteiger partial charge is 0.338 e. The van der Waals surface area contributed by atoms with Gasteiger partial charge in [-0.2, -0.15) is 5.26 Å². The van der Waals surface area contributed by atoms with E-state index in [-0.39, 0.29) is 5.97 Å². The van der Waals surface area contributed by atoms with E-state index in [0.29, 0.717) is 23.6 Å². The third-order valence-electron chi connectivity index (χ3n) is 2.49. The minimum absolute atomic E-state index is 0.371. The van der Waals surface area contributed by atoms with Crippen molar-refractivity contribution < 1.29 is 9.53 Å². The average molecular weight is 266 g/mol. The first-order valence-corrected chi connectivity index (χ1v) is 6.54. The summed E-state index contributed by atoms with van der Waals surface area (Å²) in [6.07, 6.45) is 3.92. The molecule has 96 valence electrons. The van der Waals surface area contributed by atoms with Gasteiger partial charge in [0.25, 0.3) is 0 Å². The number of nitrogens with zero attached hydrogens (tertiary/aromatic N) is 1. The molecule has 0 aliphatic heterocycles. The number of carbonyl (C=O) groups is 1. The standard InChI is InChI=1S/C14H16ClNO2/c15-8-3-1-2-4-9-18-14(17)13-7-5-6-12(10-13)11-16/h5-7,10H,1-4,8-9H2. The second kappa shape index (κ2) is 8.54. The van der Waals surface area contributed by atoms with E-state index in [1.54, 1.807) is 18.2 Å². The number of ether oxygens (including phenoxy) is 1. The summed E-state index contributed by atoms with van der Waals surface area (Å²) in [6, 6.07) is 8.51. The molecule has 0 amide bonds. The number of hydrogen-bond donors (Lipinski definition) is 0. The number of halogens is 1. The van der Waals surface area contributed by atoms with E-state index in [2.05, 4.69) is 0 Å². The van der Waals surface area contributed by atoms with Crippen LogP contribution >= 0.6 is 11.6 Å². The molecule has 0 N–H and O–H groups in total. The van der Waals surface area contributed by atoms with Gasteiger partial charge in [0.1, 0.15) is 0 Å². The molecule has 3 nitrogen and oxygen atoms in total. The summed E-state index contributed by atoms with van der Waals surface area (Å²) in [5.41, 5.74) is 0.890. The second-order valence-electron chi connectivity index (χ2n) is 3.93. The average Bonchev–Trinajstić information content (AvgIpc) is 2.42. The summed E-state index contributed by atoms with van der Waals surface area (Å²) in [7, 11) is 0. The summed E-state index contributed by atoms with van der Waals surface area (Å²) in [5.74, 6) is 0.310. The Morgan fingerprint density at radius 3 is 2.78 bits per heavy atom. The normalized spacial score (nSPS) is 9.78. The molecule has 18 heavy (non-hydrogen) atoms. The van der Waals surface area contributed by atoms with Crippen molar-refractivity contribution in [3.8, 4) is 6.07 Å². The Morgan fingerprint density at radius 1 is 1.28 bits per heavy atom. The van der Waals surface area contributed by atoms with Gasteiger partial charge in [0.05, 0.1) is 23.8 Å². The van der Waals surface area contributed by atoms with Gasteiger partial charge in [-0.15, -0.1) is 11.6 Å². The first kappa shape index (κ1) is 14.5. The van der Waals surface area contributed by atoms with Crippen LogP contribution in [0.1, 0.15) is 41.6 Å². The van der Waals surface area contributed by atoms with Gasteiger partial charge in [0.15, 0.2) is 0 Å². The van der Waals surface area contributed by atoms with Crippen molar-refractivity contribution in [1.82, 2.24) is 0 Å². The Labute approximate surface area is 112 Å². The minimum Gasteiger partial charge on any atom is -0.462 e. The Morgan fingerprint density at radius 2 is 2.06 bits per heavy atom. The van der Waals surface area contributed by atoms with Crippen LogP contribution in [0.4, 0.5) is 0 Å². The second-order valence-corrected chi connectivity index (χ2v) is 4.31. The molecular weight excluding hydrogens is 250 g/mol. The van der Waals surface area contributed by atoms with Crippen LogP contribution in [0.25, 0.3) is 0 Å². The molecule has 0 bridgehead atoms. The van der Waals surface area contributed by atoms with E-state index >= 15 is 0 Å². The quantitative estimate of drug-likeness (QED) is 0.431. The lowest BCUT2D eigenvalue weighted by Gasteiger charge is -2.04. The maximum Gasteiger partial charge on any atom is 0.338 e. The van der Waals surface area contributed by atoms with E-state index in [0.717, 1.165) is 25.7 Å². The van der Waals surface area contributed by atoms with Crippen molar-refractivity contribution in [2.24, 2.45) is 0 Å². The van der Waals surface area contributed by atoms with Crippen molar-refractivity contribution in [3.63, 3.8) is 0 Å². The molecular formula is C14H16ClNO2. The van der Waals surface area contributed by atoms with Gasteiger partial charge in [0, 0.05) is 5.88 Å². The fraction of sp³-hybridized carbons (Fsp3) is 0.429. The van der Waals surface area contributed by atoms with Gasteiger partial charge < -0.3 is 4.74 Å². The predicted octanol–water partition coefficient (Wildman–Crippen LogP) is 3.51. The number of rotatable bonds is 7. The molecule has 0 aliphatic rings. The van der Waals surface area contributed by atoms with Crippen LogP contribution in [-0.2, 0) is 4.74 Å². The molecule has 0 aromatic heterocycles. The van der Waals surface area contributed by atoms with Crippen LogP contribution in [0.5, 0.6) is 0 Å². The first-order valence-electron chi connectivity index (χ1n) is 6.01. The highest BCUT2D eigenvalue weighted by Crippen LogP contribution is 2.07. The highest BCUT2D eigenvalue weighted by Gasteiger charge is 2.07. The lowest BCUT2D eigenvalue weighted by atomic mass is 10.1. The van der Waals surface area contributed by atoms with Gasteiger partial charge in [-0.1, -0.05) is 18.9 Å². The van der Waals surface area contributed by atoms with Crippen molar-refractivity contribution in [2.75, 3.05) is 12.5 Å². The van der Waals surface area contributed by atoms with Crippen LogP contribution < -0.4 is 0 Å². The first-order chi connectivity index (χ1) is 8.77. The zero-order valence-corrected chi connectivity index (χ0v) is 10.9. The minimum atomic E-state index is -0.371. The van der Waals surface area contributed by atoms with E-state index < -0.39 is 0 Å². The van der Waals surface area contributed by atoms with Gasteiger partial charge in [-0.05, 0) is 31.0 Å². The zero-order chi connectivity index (χ0) is 13.2. The molecule has 0 saturated carbocycles. The van der Waals surface area contributed by atoms with Crippen molar-refractivity contribution in [2.45, 2.75) is 25.7 Å². The molecule has 0 aliphatic carbocycles. The fourth-order valence-corrected chi connectivity index (χ4v) is 1.70. The molecule has 4 heteroatoms. The number of esters is 1. The van der Waals surface area contributed by atoms with E-state index in [1.807, 2.05) is 6.07 Å². The predicted molar refractivity (Wildman–Crippen MR) is 70.6 cm³/mol. The van der Waals surface area contributed by atoms with Crippen molar-refractivity contribution >= 4 is 17.6 Å². The number of hydrogen-bond acceptors (Lipinski definition) is 3. The summed E-state index contributed by atoms with van der Waals surface area (Å²) in [4.78, 5) is 11.6. The number of unbranched alkanes of at least 4 members (excludes halogenated alkanes) is 3. The number of benzene rings is 1. The SMILES string of the molecule is N#Cc1cccc(C(=O)OCCCCCCCl)c1. The van der Waals surface area contributed by atoms with Crippen LogP contribution in [-0.4, -0.2) is 18.5 Å². The molecule has 0 spiro atoms. The maximum atomic E-state index is 11.6. The largest absolute Gasteiger partial charge is 0.462 e. The number of carbonyl (C=O) groups excluding carboxylic acids is 1. The van der Waals surface area contributed by atoms with Crippen molar-refractivity contribution in [3.05, 3.63) is 35.4 Å². The summed E-state index contributed by atoms with van der Waals surface area (Å²) >= 11 is 5.56. The lowest BCUT2D eigenvalue weighted by molar-refractivity contribution is 0.0498. The van der Waals surface area contributed by atoms with Crippen LogP contribution in [0.2, 0.25) is 0 Å². The monoisotopic (exact) mass is 265 g/mol. The number of nitriles is 1. The Kier molecular flexibility index (Phi) is 6.90. The summed E-state index contributed by atoms with van der Waals surface area (Å²) in [6.45, 7) is 0.415. The summed E-state index contributed by atoms with van der Waals surface area (Å²) < 4.78 is 5.13. The van der Waals surface area contributed by atoms with Gasteiger partial charge in [-0.3, -0.25) is 0 Å². The Hall–Kier alpha value is -1.53. The summed E-state index contributed by atoms with van der Waals surface area (Å²) in [5, 5.41) is 8.73. The third-order valence-corrected chi connectivity index (χ3v) is 2.76. The Balaban J connectivity index is 2.30. The topological polar surface area (TPSA) is 50.1 Å².